The van der Waals surface area contributed by atoms with Crippen LogP contribution in [0.2, 0.25) is 0 Å². The second-order valence-corrected chi connectivity index (χ2v) is 4.08. The highest BCUT2D eigenvalue weighted by molar-refractivity contribution is 6.01. The first-order valence-corrected chi connectivity index (χ1v) is 5.89. The minimum atomic E-state index is -0.566. The summed E-state index contributed by atoms with van der Waals surface area (Å²) in [6, 6.07) is 0. The van der Waals surface area contributed by atoms with Crippen molar-refractivity contribution in [3.63, 3.8) is 0 Å². The summed E-state index contributed by atoms with van der Waals surface area (Å²) in [5.74, 6) is -0.840. The summed E-state index contributed by atoms with van der Waals surface area (Å²) < 4.78 is 5.29. The molecule has 0 saturated heterocycles. The van der Waals surface area contributed by atoms with Crippen molar-refractivity contribution in [3.8, 4) is 0 Å². The zero-order valence-electron chi connectivity index (χ0n) is 10.8. The molecule has 0 aliphatic rings. The fourth-order valence-electron chi connectivity index (χ4n) is 1.36. The summed E-state index contributed by atoms with van der Waals surface area (Å²) in [6.45, 7) is 6.68. The summed E-state index contributed by atoms with van der Waals surface area (Å²) in [7, 11) is 0. The molecule has 0 aromatic carbocycles. The first kappa shape index (κ1) is 15.7. The number of nitrogens with zero attached hydrogens (tertiary/aromatic N) is 1. The molecule has 0 aromatic rings. The molecular formula is C11H23N3O3. The molecule has 0 bridgehead atoms. The largest absolute Gasteiger partial charge is 0.409 e. The Balaban J connectivity index is 4.07. The highest BCUT2D eigenvalue weighted by Crippen LogP contribution is 2.06. The van der Waals surface area contributed by atoms with E-state index in [4.69, 9.17) is 15.7 Å². The molecule has 0 aliphatic heterocycles. The number of ether oxygens (including phenoxy) is 1. The van der Waals surface area contributed by atoms with Crippen LogP contribution < -0.4 is 11.1 Å². The highest BCUT2D eigenvalue weighted by atomic mass is 16.5. The Morgan fingerprint density at radius 3 is 2.65 bits per heavy atom. The van der Waals surface area contributed by atoms with Gasteiger partial charge >= 0.3 is 0 Å². The third-order valence-corrected chi connectivity index (χ3v) is 2.22. The van der Waals surface area contributed by atoms with Crippen LogP contribution >= 0.6 is 0 Å². The van der Waals surface area contributed by atoms with E-state index in [1.54, 1.807) is 0 Å². The Morgan fingerprint density at radius 2 is 2.18 bits per heavy atom. The van der Waals surface area contributed by atoms with Gasteiger partial charge in [-0.3, -0.25) is 4.79 Å². The second kappa shape index (κ2) is 8.81. The number of hydrogen-bond acceptors (Lipinski definition) is 4. The van der Waals surface area contributed by atoms with E-state index in [2.05, 4.69) is 10.5 Å². The standard InChI is InChI=1S/C11H23N3O3/c1-4-5-9(10(12)14-16)11(15)13-6-7-17-8(2)3/h8-9,16H,4-7H2,1-3H3,(H2,12,14)(H,13,15). The average Bonchev–Trinajstić information content (AvgIpc) is 2.30. The lowest BCUT2D eigenvalue weighted by molar-refractivity contribution is -0.123. The molecule has 1 amide bonds. The van der Waals surface area contributed by atoms with E-state index in [0.717, 1.165) is 6.42 Å². The fourth-order valence-corrected chi connectivity index (χ4v) is 1.36. The molecule has 0 heterocycles. The van der Waals surface area contributed by atoms with Gasteiger partial charge in [-0.05, 0) is 20.3 Å². The molecule has 0 aromatic heterocycles. The van der Waals surface area contributed by atoms with Crippen molar-refractivity contribution in [1.29, 1.82) is 0 Å². The van der Waals surface area contributed by atoms with Gasteiger partial charge in [-0.1, -0.05) is 18.5 Å². The second-order valence-electron chi connectivity index (χ2n) is 4.08. The summed E-state index contributed by atoms with van der Waals surface area (Å²) in [4.78, 5) is 11.7. The van der Waals surface area contributed by atoms with Crippen LogP contribution in [0.4, 0.5) is 0 Å². The van der Waals surface area contributed by atoms with Crippen LogP contribution in [0.25, 0.3) is 0 Å². The number of nitrogens with two attached hydrogens (primary N) is 1. The Labute approximate surface area is 102 Å². The third-order valence-electron chi connectivity index (χ3n) is 2.22. The number of oxime groups is 1. The number of nitrogens with one attached hydrogen (secondary N) is 1. The van der Waals surface area contributed by atoms with Crippen LogP contribution in [0.5, 0.6) is 0 Å². The zero-order valence-corrected chi connectivity index (χ0v) is 10.8. The minimum Gasteiger partial charge on any atom is -0.409 e. The van der Waals surface area contributed by atoms with Gasteiger partial charge < -0.3 is 21.0 Å². The fraction of sp³-hybridized carbons (Fsp3) is 0.818. The maximum absolute atomic E-state index is 11.7. The Bertz CT molecular complexity index is 254. The SMILES string of the molecule is CCCC(C(=O)NCCOC(C)C)C(N)=NO. The summed E-state index contributed by atoms with van der Waals surface area (Å²) in [5, 5.41) is 14.2. The van der Waals surface area contributed by atoms with E-state index in [9.17, 15) is 4.79 Å². The van der Waals surface area contributed by atoms with E-state index >= 15 is 0 Å². The monoisotopic (exact) mass is 245 g/mol. The average molecular weight is 245 g/mol. The molecule has 0 fully saturated rings. The van der Waals surface area contributed by atoms with Crippen molar-refractivity contribution in [2.75, 3.05) is 13.2 Å². The molecule has 1 unspecified atom stereocenters. The van der Waals surface area contributed by atoms with Crippen LogP contribution in [0.1, 0.15) is 33.6 Å². The molecule has 100 valence electrons. The van der Waals surface area contributed by atoms with Crippen molar-refractivity contribution in [1.82, 2.24) is 5.32 Å². The predicted molar refractivity (Wildman–Crippen MR) is 65.9 cm³/mol. The van der Waals surface area contributed by atoms with Crippen molar-refractivity contribution in [3.05, 3.63) is 0 Å². The summed E-state index contributed by atoms with van der Waals surface area (Å²) in [5.41, 5.74) is 5.46. The number of carbonyl (C=O) groups excluding carboxylic acids is 1. The maximum atomic E-state index is 11.7. The molecule has 1 atom stereocenters. The molecular weight excluding hydrogens is 222 g/mol. The van der Waals surface area contributed by atoms with Crippen molar-refractivity contribution < 1.29 is 14.7 Å². The van der Waals surface area contributed by atoms with E-state index in [1.165, 1.54) is 0 Å². The Morgan fingerprint density at radius 1 is 1.53 bits per heavy atom. The van der Waals surface area contributed by atoms with Gasteiger partial charge in [-0.2, -0.15) is 0 Å². The van der Waals surface area contributed by atoms with Gasteiger partial charge in [-0.25, -0.2) is 0 Å². The number of rotatable bonds is 8. The number of carbonyl (C=O) groups is 1. The quantitative estimate of drug-likeness (QED) is 0.193. The first-order chi connectivity index (χ1) is 8.02. The third kappa shape index (κ3) is 6.78. The Kier molecular flexibility index (Phi) is 8.13. The van der Waals surface area contributed by atoms with E-state index < -0.39 is 5.92 Å². The van der Waals surface area contributed by atoms with Crippen molar-refractivity contribution in [2.45, 2.75) is 39.7 Å². The molecule has 0 rings (SSSR count). The van der Waals surface area contributed by atoms with E-state index in [-0.39, 0.29) is 17.8 Å². The first-order valence-electron chi connectivity index (χ1n) is 5.89. The van der Waals surface area contributed by atoms with Crippen LogP contribution in [0, 0.1) is 5.92 Å². The van der Waals surface area contributed by atoms with Gasteiger partial charge in [0.25, 0.3) is 0 Å². The molecule has 0 saturated carbocycles. The molecule has 6 heteroatoms. The molecule has 0 spiro atoms. The van der Waals surface area contributed by atoms with Gasteiger partial charge in [-0.15, -0.1) is 0 Å². The number of amides is 1. The molecule has 17 heavy (non-hydrogen) atoms. The Hall–Kier alpha value is -1.30. The highest BCUT2D eigenvalue weighted by Gasteiger charge is 2.21. The van der Waals surface area contributed by atoms with Crippen molar-refractivity contribution >= 4 is 11.7 Å². The number of hydrogen-bond donors (Lipinski definition) is 3. The normalized spacial score (nSPS) is 13.8. The van der Waals surface area contributed by atoms with Gasteiger partial charge in [0.1, 0.15) is 0 Å². The van der Waals surface area contributed by atoms with Crippen molar-refractivity contribution in [2.24, 2.45) is 16.8 Å². The smallest absolute Gasteiger partial charge is 0.230 e. The van der Waals surface area contributed by atoms with Crippen LogP contribution in [-0.2, 0) is 9.53 Å². The van der Waals surface area contributed by atoms with E-state index in [0.29, 0.717) is 19.6 Å². The molecule has 0 aliphatic carbocycles. The lowest BCUT2D eigenvalue weighted by Crippen LogP contribution is -2.40. The predicted octanol–water partition coefficient (Wildman–Crippen LogP) is 0.690. The van der Waals surface area contributed by atoms with Crippen LogP contribution in [-0.4, -0.2) is 36.2 Å². The van der Waals surface area contributed by atoms with Gasteiger partial charge in [0.2, 0.25) is 5.91 Å². The number of amidine groups is 1. The topological polar surface area (TPSA) is 96.9 Å². The van der Waals surface area contributed by atoms with E-state index in [1.807, 2.05) is 20.8 Å². The van der Waals surface area contributed by atoms with Gasteiger partial charge in [0.15, 0.2) is 5.84 Å². The molecule has 0 radical (unpaired) electrons. The lowest BCUT2D eigenvalue weighted by Gasteiger charge is -2.15. The van der Waals surface area contributed by atoms with Crippen LogP contribution in [0.15, 0.2) is 5.16 Å². The lowest BCUT2D eigenvalue weighted by atomic mass is 10.0. The summed E-state index contributed by atoms with van der Waals surface area (Å²) >= 11 is 0. The summed E-state index contributed by atoms with van der Waals surface area (Å²) in [6.07, 6.45) is 1.49. The molecule has 6 nitrogen and oxygen atoms in total. The van der Waals surface area contributed by atoms with Gasteiger partial charge in [0.05, 0.1) is 18.6 Å². The molecule has 4 N–H and O–H groups in total. The zero-order chi connectivity index (χ0) is 13.3. The van der Waals surface area contributed by atoms with Gasteiger partial charge in [0, 0.05) is 6.54 Å². The minimum absolute atomic E-state index is 0.0471. The van der Waals surface area contributed by atoms with Crippen LogP contribution in [0.3, 0.4) is 0 Å². The maximum Gasteiger partial charge on any atom is 0.230 e.